The summed E-state index contributed by atoms with van der Waals surface area (Å²) >= 11 is 5.70. The topological polar surface area (TPSA) is 12.0 Å². The average molecular weight is 214 g/mol. The highest BCUT2D eigenvalue weighted by molar-refractivity contribution is 6.30. The lowest BCUT2D eigenvalue weighted by Crippen LogP contribution is -2.24. The molecule has 0 saturated carbocycles. The van der Waals surface area contributed by atoms with Gasteiger partial charge in [-0.05, 0) is 37.4 Å². The molecule has 1 nitrogen and oxygen atoms in total. The number of hydrogen-bond donors (Lipinski definition) is 1. The Balaban J connectivity index is 2.11. The Bertz CT molecular complexity index is 321. The maximum atomic E-state index is 13.5. The predicted octanol–water partition coefficient (Wildman–Crippen LogP) is 2.77. The van der Waals surface area contributed by atoms with E-state index in [-0.39, 0.29) is 10.8 Å². The Morgan fingerprint density at radius 3 is 3.07 bits per heavy atom. The summed E-state index contributed by atoms with van der Waals surface area (Å²) in [6.07, 6.45) is 3.06. The summed E-state index contributed by atoms with van der Waals surface area (Å²) in [4.78, 5) is 0. The van der Waals surface area contributed by atoms with Crippen molar-refractivity contribution in [1.82, 2.24) is 5.32 Å². The lowest BCUT2D eigenvalue weighted by Gasteiger charge is -2.10. The molecule has 1 unspecified atom stereocenters. The third kappa shape index (κ3) is 2.07. The third-order valence-electron chi connectivity index (χ3n) is 2.66. The second-order valence-electron chi connectivity index (χ2n) is 3.71. The van der Waals surface area contributed by atoms with E-state index >= 15 is 0 Å². The van der Waals surface area contributed by atoms with Crippen LogP contribution in [-0.4, -0.2) is 12.6 Å². The number of nitrogens with one attached hydrogen (secondary N) is 1. The molecule has 0 aromatic heterocycles. The molecule has 1 atom stereocenters. The van der Waals surface area contributed by atoms with Gasteiger partial charge in [-0.2, -0.15) is 0 Å². The van der Waals surface area contributed by atoms with Gasteiger partial charge in [-0.3, -0.25) is 0 Å². The van der Waals surface area contributed by atoms with E-state index in [2.05, 4.69) is 5.32 Å². The zero-order chi connectivity index (χ0) is 9.97. The fraction of sp³-hybridized carbons (Fsp3) is 0.455. The Labute approximate surface area is 88.3 Å². The van der Waals surface area contributed by atoms with Gasteiger partial charge in [0.05, 0.1) is 5.02 Å². The number of rotatable bonds is 2. The second kappa shape index (κ2) is 4.28. The smallest absolute Gasteiger partial charge is 0.145 e. The highest BCUT2D eigenvalue weighted by Gasteiger charge is 2.16. The first-order valence-corrected chi connectivity index (χ1v) is 5.31. The molecule has 1 saturated heterocycles. The van der Waals surface area contributed by atoms with Crippen LogP contribution in [0.4, 0.5) is 4.39 Å². The molecule has 1 aliphatic heterocycles. The van der Waals surface area contributed by atoms with Gasteiger partial charge in [0.15, 0.2) is 0 Å². The summed E-state index contributed by atoms with van der Waals surface area (Å²) in [5.41, 5.74) is 0.719. The van der Waals surface area contributed by atoms with Crippen LogP contribution in [0, 0.1) is 5.82 Å². The molecule has 0 aliphatic carbocycles. The van der Waals surface area contributed by atoms with Crippen LogP contribution in [-0.2, 0) is 6.42 Å². The van der Waals surface area contributed by atoms with E-state index in [4.69, 9.17) is 11.6 Å². The molecule has 1 aliphatic rings. The molecule has 1 aromatic carbocycles. The molecule has 0 radical (unpaired) electrons. The average Bonchev–Trinajstić information content (AvgIpc) is 2.66. The Morgan fingerprint density at radius 1 is 1.50 bits per heavy atom. The van der Waals surface area contributed by atoms with Crippen LogP contribution in [0.25, 0.3) is 0 Å². The molecule has 0 spiro atoms. The minimum absolute atomic E-state index is 0.223. The molecule has 0 amide bonds. The van der Waals surface area contributed by atoms with Crippen molar-refractivity contribution in [3.8, 4) is 0 Å². The number of benzene rings is 1. The maximum absolute atomic E-state index is 13.5. The van der Waals surface area contributed by atoms with Crippen LogP contribution in [0.5, 0.6) is 0 Å². The van der Waals surface area contributed by atoms with Gasteiger partial charge >= 0.3 is 0 Å². The second-order valence-corrected chi connectivity index (χ2v) is 4.12. The lowest BCUT2D eigenvalue weighted by atomic mass is 10.0. The van der Waals surface area contributed by atoms with Crippen molar-refractivity contribution in [2.45, 2.75) is 25.3 Å². The summed E-state index contributed by atoms with van der Waals surface area (Å²) in [6, 6.07) is 5.61. The zero-order valence-corrected chi connectivity index (χ0v) is 8.65. The van der Waals surface area contributed by atoms with Gasteiger partial charge in [-0.25, -0.2) is 4.39 Å². The first-order chi connectivity index (χ1) is 6.77. The standard InChI is InChI=1S/C11H13ClFN/c12-10-5-1-3-8(11(10)13)7-9-4-2-6-14-9/h1,3,5,9,14H,2,4,6-7H2. The van der Waals surface area contributed by atoms with E-state index in [1.165, 1.54) is 6.42 Å². The molecule has 3 heteroatoms. The Kier molecular flexibility index (Phi) is 3.04. The first kappa shape index (κ1) is 9.94. The van der Waals surface area contributed by atoms with Gasteiger partial charge in [0.1, 0.15) is 5.82 Å². The highest BCUT2D eigenvalue weighted by Crippen LogP contribution is 2.20. The monoisotopic (exact) mass is 213 g/mol. The van der Waals surface area contributed by atoms with Gasteiger partial charge in [-0.1, -0.05) is 23.7 Å². The lowest BCUT2D eigenvalue weighted by molar-refractivity contribution is 0.561. The van der Waals surface area contributed by atoms with Gasteiger partial charge < -0.3 is 5.32 Å². The quantitative estimate of drug-likeness (QED) is 0.797. The third-order valence-corrected chi connectivity index (χ3v) is 2.95. The molecule has 0 bridgehead atoms. The van der Waals surface area contributed by atoms with Crippen molar-refractivity contribution in [2.75, 3.05) is 6.54 Å². The van der Waals surface area contributed by atoms with Crippen molar-refractivity contribution in [3.05, 3.63) is 34.6 Å². The van der Waals surface area contributed by atoms with E-state index in [0.717, 1.165) is 24.9 Å². The number of halogens is 2. The molecular weight excluding hydrogens is 201 g/mol. The molecule has 1 heterocycles. The first-order valence-electron chi connectivity index (χ1n) is 4.93. The number of hydrogen-bond acceptors (Lipinski definition) is 1. The SMILES string of the molecule is Fc1c(Cl)cccc1CC1CCCN1. The summed E-state index contributed by atoms with van der Waals surface area (Å²) in [6.45, 7) is 1.05. The fourth-order valence-corrected chi connectivity index (χ4v) is 2.10. The van der Waals surface area contributed by atoms with Crippen LogP contribution < -0.4 is 5.32 Å². The molecular formula is C11H13ClFN. The van der Waals surface area contributed by atoms with E-state index in [0.29, 0.717) is 6.04 Å². The predicted molar refractivity (Wildman–Crippen MR) is 56.1 cm³/mol. The normalized spacial score (nSPS) is 21.4. The maximum Gasteiger partial charge on any atom is 0.145 e. The molecule has 2 rings (SSSR count). The van der Waals surface area contributed by atoms with Crippen molar-refractivity contribution >= 4 is 11.6 Å². The Hall–Kier alpha value is -0.600. The van der Waals surface area contributed by atoms with Crippen molar-refractivity contribution < 1.29 is 4.39 Å². The van der Waals surface area contributed by atoms with Gasteiger partial charge in [0, 0.05) is 6.04 Å². The van der Waals surface area contributed by atoms with Crippen LogP contribution in [0.2, 0.25) is 5.02 Å². The van der Waals surface area contributed by atoms with Crippen LogP contribution in [0.1, 0.15) is 18.4 Å². The van der Waals surface area contributed by atoms with Crippen molar-refractivity contribution in [3.63, 3.8) is 0 Å². The summed E-state index contributed by atoms with van der Waals surface area (Å²) in [5.74, 6) is -0.261. The molecule has 76 valence electrons. The summed E-state index contributed by atoms with van der Waals surface area (Å²) < 4.78 is 13.5. The molecule has 1 fully saturated rings. The minimum Gasteiger partial charge on any atom is -0.314 e. The van der Waals surface area contributed by atoms with Crippen LogP contribution in [0.3, 0.4) is 0 Å². The highest BCUT2D eigenvalue weighted by atomic mass is 35.5. The van der Waals surface area contributed by atoms with E-state index < -0.39 is 0 Å². The van der Waals surface area contributed by atoms with Gasteiger partial charge in [0.2, 0.25) is 0 Å². The zero-order valence-electron chi connectivity index (χ0n) is 7.89. The van der Waals surface area contributed by atoms with Crippen LogP contribution in [0.15, 0.2) is 18.2 Å². The Morgan fingerprint density at radius 2 is 2.36 bits per heavy atom. The van der Waals surface area contributed by atoms with Crippen molar-refractivity contribution in [2.24, 2.45) is 0 Å². The van der Waals surface area contributed by atoms with Crippen LogP contribution >= 0.6 is 11.6 Å². The molecule has 1 aromatic rings. The summed E-state index contributed by atoms with van der Waals surface area (Å²) in [5, 5.41) is 3.56. The van der Waals surface area contributed by atoms with E-state index in [1.54, 1.807) is 18.2 Å². The summed E-state index contributed by atoms with van der Waals surface area (Å²) in [7, 11) is 0. The molecule has 14 heavy (non-hydrogen) atoms. The van der Waals surface area contributed by atoms with E-state index in [9.17, 15) is 4.39 Å². The fourth-order valence-electron chi connectivity index (χ4n) is 1.90. The van der Waals surface area contributed by atoms with Gasteiger partial charge in [0.25, 0.3) is 0 Å². The van der Waals surface area contributed by atoms with Gasteiger partial charge in [-0.15, -0.1) is 0 Å². The van der Waals surface area contributed by atoms with Crippen molar-refractivity contribution in [1.29, 1.82) is 0 Å². The minimum atomic E-state index is -0.261. The molecule has 1 N–H and O–H groups in total. The largest absolute Gasteiger partial charge is 0.314 e. The van der Waals surface area contributed by atoms with E-state index in [1.807, 2.05) is 0 Å².